The lowest BCUT2D eigenvalue weighted by Gasteiger charge is -2.31. The van der Waals surface area contributed by atoms with Gasteiger partial charge < -0.3 is 10.2 Å². The van der Waals surface area contributed by atoms with Gasteiger partial charge in [-0.25, -0.2) is 0 Å². The van der Waals surface area contributed by atoms with Gasteiger partial charge in [0.2, 0.25) is 0 Å². The first-order valence-corrected chi connectivity index (χ1v) is 8.29. The van der Waals surface area contributed by atoms with Crippen LogP contribution in [-0.4, -0.2) is 17.5 Å². The minimum Gasteiger partial charge on any atom is -0.468 e. The monoisotopic (exact) mass is 368 g/mol. The number of halogens is 2. The van der Waals surface area contributed by atoms with Gasteiger partial charge in [0.25, 0.3) is 0 Å². The standard InChI is InChI=1S/C16H18BrClN2O/c17-15-8-11(18)3-6-14(15)16(9-19)20(12-4-5-12)10-13-2-1-7-21-13/h1-3,6-8,12,16H,4-5,9-10,19H2. The minimum atomic E-state index is 0.161. The third kappa shape index (κ3) is 3.51. The molecule has 112 valence electrons. The Kier molecular flexibility index (Phi) is 4.69. The molecule has 0 bridgehead atoms. The van der Waals surface area contributed by atoms with Crippen molar-refractivity contribution in [1.29, 1.82) is 0 Å². The molecule has 0 radical (unpaired) electrons. The number of rotatable bonds is 6. The van der Waals surface area contributed by atoms with Crippen LogP contribution in [0.15, 0.2) is 45.5 Å². The summed E-state index contributed by atoms with van der Waals surface area (Å²) >= 11 is 9.66. The summed E-state index contributed by atoms with van der Waals surface area (Å²) in [6.45, 7) is 1.35. The fourth-order valence-electron chi connectivity index (χ4n) is 2.70. The van der Waals surface area contributed by atoms with Crippen LogP contribution in [0.25, 0.3) is 0 Å². The zero-order chi connectivity index (χ0) is 14.8. The Labute approximate surface area is 138 Å². The molecule has 21 heavy (non-hydrogen) atoms. The van der Waals surface area contributed by atoms with E-state index in [0.717, 1.165) is 21.8 Å². The highest BCUT2D eigenvalue weighted by atomic mass is 79.9. The molecule has 0 spiro atoms. The first kappa shape index (κ1) is 15.1. The van der Waals surface area contributed by atoms with Crippen LogP contribution in [0.3, 0.4) is 0 Å². The largest absolute Gasteiger partial charge is 0.468 e. The van der Waals surface area contributed by atoms with E-state index in [1.165, 1.54) is 18.4 Å². The molecule has 3 nitrogen and oxygen atoms in total. The number of nitrogens with zero attached hydrogens (tertiary/aromatic N) is 1. The van der Waals surface area contributed by atoms with Crippen molar-refractivity contribution in [2.75, 3.05) is 6.54 Å². The van der Waals surface area contributed by atoms with E-state index in [9.17, 15) is 0 Å². The molecule has 2 aromatic rings. The molecule has 1 aromatic heterocycles. The lowest BCUT2D eigenvalue weighted by atomic mass is 10.0. The summed E-state index contributed by atoms with van der Waals surface area (Å²) in [6, 6.07) is 10.6. The number of benzene rings is 1. The van der Waals surface area contributed by atoms with E-state index in [2.05, 4.69) is 26.9 Å². The average Bonchev–Trinajstić information content (AvgIpc) is 3.18. The zero-order valence-corrected chi connectivity index (χ0v) is 14.0. The highest BCUT2D eigenvalue weighted by Gasteiger charge is 2.35. The molecule has 0 aliphatic heterocycles. The summed E-state index contributed by atoms with van der Waals surface area (Å²) in [6.07, 6.45) is 4.17. The van der Waals surface area contributed by atoms with Crippen molar-refractivity contribution >= 4 is 27.5 Å². The highest BCUT2D eigenvalue weighted by Crippen LogP contribution is 2.38. The van der Waals surface area contributed by atoms with Gasteiger partial charge in [0.05, 0.1) is 12.8 Å². The van der Waals surface area contributed by atoms with Gasteiger partial charge in [-0.2, -0.15) is 0 Å². The van der Waals surface area contributed by atoms with Crippen LogP contribution >= 0.6 is 27.5 Å². The summed E-state index contributed by atoms with van der Waals surface area (Å²) in [5, 5.41) is 0.727. The van der Waals surface area contributed by atoms with Crippen molar-refractivity contribution in [1.82, 2.24) is 4.90 Å². The first-order chi connectivity index (χ1) is 10.2. The van der Waals surface area contributed by atoms with Crippen LogP contribution in [-0.2, 0) is 6.54 Å². The molecular formula is C16H18BrClN2O. The predicted octanol–water partition coefficient (Wildman–Crippen LogP) is 4.36. The SMILES string of the molecule is NCC(c1ccc(Cl)cc1Br)N(Cc1ccco1)C1CC1. The molecular weight excluding hydrogens is 352 g/mol. The Bertz CT molecular complexity index is 598. The lowest BCUT2D eigenvalue weighted by Crippen LogP contribution is -2.35. The van der Waals surface area contributed by atoms with Crippen LogP contribution in [0.1, 0.15) is 30.2 Å². The van der Waals surface area contributed by atoms with Crippen LogP contribution in [0.5, 0.6) is 0 Å². The van der Waals surface area contributed by atoms with Gasteiger partial charge in [-0.15, -0.1) is 0 Å². The van der Waals surface area contributed by atoms with E-state index >= 15 is 0 Å². The second kappa shape index (κ2) is 6.53. The molecule has 0 saturated heterocycles. The van der Waals surface area contributed by atoms with Crippen LogP contribution in [0, 0.1) is 0 Å². The van der Waals surface area contributed by atoms with Gasteiger partial charge in [-0.1, -0.05) is 33.6 Å². The van der Waals surface area contributed by atoms with E-state index in [1.807, 2.05) is 24.3 Å². The fourth-order valence-corrected chi connectivity index (χ4v) is 3.64. The minimum absolute atomic E-state index is 0.161. The van der Waals surface area contributed by atoms with Crippen molar-refractivity contribution in [2.24, 2.45) is 5.73 Å². The molecule has 1 fully saturated rings. The number of hydrogen-bond acceptors (Lipinski definition) is 3. The van der Waals surface area contributed by atoms with Crippen LogP contribution < -0.4 is 5.73 Å². The van der Waals surface area contributed by atoms with Crippen molar-refractivity contribution in [3.8, 4) is 0 Å². The Morgan fingerprint density at radius 1 is 1.38 bits per heavy atom. The maximum atomic E-state index is 6.08. The fraction of sp³-hybridized carbons (Fsp3) is 0.375. The van der Waals surface area contributed by atoms with Crippen LogP contribution in [0.4, 0.5) is 0 Å². The molecule has 0 amide bonds. The van der Waals surface area contributed by atoms with E-state index in [0.29, 0.717) is 12.6 Å². The maximum Gasteiger partial charge on any atom is 0.117 e. The van der Waals surface area contributed by atoms with E-state index in [1.54, 1.807) is 6.26 Å². The molecule has 1 unspecified atom stereocenters. The summed E-state index contributed by atoms with van der Waals surface area (Å²) in [5.41, 5.74) is 7.26. The summed E-state index contributed by atoms with van der Waals surface area (Å²) in [4.78, 5) is 2.44. The molecule has 2 N–H and O–H groups in total. The molecule has 1 saturated carbocycles. The zero-order valence-electron chi connectivity index (χ0n) is 11.6. The van der Waals surface area contributed by atoms with Gasteiger partial charge in [0.1, 0.15) is 5.76 Å². The molecule has 1 aromatic carbocycles. The van der Waals surface area contributed by atoms with Gasteiger partial charge in [-0.05, 0) is 42.7 Å². The van der Waals surface area contributed by atoms with Crippen LogP contribution in [0.2, 0.25) is 5.02 Å². The van der Waals surface area contributed by atoms with E-state index in [-0.39, 0.29) is 6.04 Å². The average molecular weight is 370 g/mol. The van der Waals surface area contributed by atoms with Crippen molar-refractivity contribution in [2.45, 2.75) is 31.5 Å². The molecule has 1 atom stereocenters. The maximum absolute atomic E-state index is 6.08. The summed E-state index contributed by atoms with van der Waals surface area (Å²) in [5.74, 6) is 0.977. The van der Waals surface area contributed by atoms with Gasteiger partial charge in [0, 0.05) is 28.1 Å². The van der Waals surface area contributed by atoms with Crippen molar-refractivity contribution in [3.63, 3.8) is 0 Å². The normalized spacial score (nSPS) is 16.4. The van der Waals surface area contributed by atoms with Gasteiger partial charge in [-0.3, -0.25) is 4.90 Å². The second-order valence-corrected chi connectivity index (χ2v) is 6.69. The number of furan rings is 1. The quantitative estimate of drug-likeness (QED) is 0.822. The Morgan fingerprint density at radius 3 is 2.76 bits per heavy atom. The molecule has 5 heteroatoms. The number of nitrogens with two attached hydrogens (primary N) is 1. The van der Waals surface area contributed by atoms with Gasteiger partial charge in [0.15, 0.2) is 0 Å². The van der Waals surface area contributed by atoms with Gasteiger partial charge >= 0.3 is 0 Å². The third-order valence-corrected chi connectivity index (χ3v) is 4.80. The molecule has 3 rings (SSSR count). The van der Waals surface area contributed by atoms with Crippen molar-refractivity contribution < 1.29 is 4.42 Å². The molecule has 1 aliphatic rings. The summed E-state index contributed by atoms with van der Waals surface area (Å²) in [7, 11) is 0. The Hall–Kier alpha value is -0.810. The second-order valence-electron chi connectivity index (χ2n) is 5.40. The first-order valence-electron chi connectivity index (χ1n) is 7.12. The number of hydrogen-bond donors (Lipinski definition) is 1. The van der Waals surface area contributed by atoms with Crippen molar-refractivity contribution in [3.05, 3.63) is 57.4 Å². The Balaban J connectivity index is 1.88. The molecule has 1 aliphatic carbocycles. The smallest absolute Gasteiger partial charge is 0.117 e. The molecule has 1 heterocycles. The highest BCUT2D eigenvalue weighted by molar-refractivity contribution is 9.10. The van der Waals surface area contributed by atoms with E-state index < -0.39 is 0 Å². The topological polar surface area (TPSA) is 42.4 Å². The third-order valence-electron chi connectivity index (χ3n) is 3.88. The predicted molar refractivity (Wildman–Crippen MR) is 88.2 cm³/mol. The van der Waals surface area contributed by atoms with E-state index in [4.69, 9.17) is 21.8 Å². The summed E-state index contributed by atoms with van der Waals surface area (Å²) < 4.78 is 6.52. The Morgan fingerprint density at radius 2 is 2.19 bits per heavy atom. The lowest BCUT2D eigenvalue weighted by molar-refractivity contribution is 0.167.